The average Bonchev–Trinajstić information content (AvgIpc) is 2.40. The molecule has 0 amide bonds. The minimum absolute atomic E-state index is 0.640. The van der Waals surface area contributed by atoms with Crippen LogP contribution in [0.5, 0.6) is 11.5 Å². The van der Waals surface area contributed by atoms with Crippen LogP contribution in [0, 0.1) is 0 Å². The van der Waals surface area contributed by atoms with Gasteiger partial charge < -0.3 is 9.47 Å². The minimum atomic E-state index is 0.640. The van der Waals surface area contributed by atoms with Crippen molar-refractivity contribution in [3.05, 3.63) is 48.5 Å². The van der Waals surface area contributed by atoms with Gasteiger partial charge in [0.25, 0.3) is 0 Å². The van der Waals surface area contributed by atoms with Crippen LogP contribution in [0.1, 0.15) is 6.92 Å². The molecule has 2 nitrogen and oxygen atoms in total. The van der Waals surface area contributed by atoms with Gasteiger partial charge in [0.15, 0.2) is 11.5 Å². The predicted molar refractivity (Wildman–Crippen MR) is 69.6 cm³/mol. The normalized spacial score (nSPS) is 10.0. The lowest BCUT2D eigenvalue weighted by Crippen LogP contribution is -1.95. The Balaban J connectivity index is 2.38. The van der Waals surface area contributed by atoms with Crippen LogP contribution in [-0.4, -0.2) is 13.7 Å². The molecule has 0 fully saturated rings. The van der Waals surface area contributed by atoms with E-state index in [9.17, 15) is 0 Å². The zero-order valence-electron chi connectivity index (χ0n) is 10.1. The highest BCUT2D eigenvalue weighted by Crippen LogP contribution is 2.32. The van der Waals surface area contributed by atoms with Crippen molar-refractivity contribution in [2.75, 3.05) is 13.7 Å². The molecule has 0 heterocycles. The van der Waals surface area contributed by atoms with Crippen LogP contribution in [0.25, 0.3) is 11.1 Å². The first-order valence-electron chi connectivity index (χ1n) is 5.71. The van der Waals surface area contributed by atoms with Crippen molar-refractivity contribution in [3.8, 4) is 22.6 Å². The molecular weight excluding hydrogens is 212 g/mol. The van der Waals surface area contributed by atoms with E-state index in [0.717, 1.165) is 17.1 Å². The van der Waals surface area contributed by atoms with Crippen LogP contribution >= 0.6 is 0 Å². The predicted octanol–water partition coefficient (Wildman–Crippen LogP) is 3.76. The molecule has 0 aromatic heterocycles. The van der Waals surface area contributed by atoms with E-state index in [0.29, 0.717) is 6.61 Å². The Morgan fingerprint density at radius 3 is 2.29 bits per heavy atom. The van der Waals surface area contributed by atoms with E-state index in [-0.39, 0.29) is 0 Å². The highest BCUT2D eigenvalue weighted by molar-refractivity contribution is 5.67. The third kappa shape index (κ3) is 2.59. The number of benzene rings is 2. The molecule has 0 saturated heterocycles. The van der Waals surface area contributed by atoms with Gasteiger partial charge in [0, 0.05) is 0 Å². The van der Waals surface area contributed by atoms with E-state index in [1.165, 1.54) is 5.56 Å². The van der Waals surface area contributed by atoms with Gasteiger partial charge in [-0.05, 0) is 30.2 Å². The van der Waals surface area contributed by atoms with Gasteiger partial charge >= 0.3 is 0 Å². The van der Waals surface area contributed by atoms with Crippen molar-refractivity contribution in [2.24, 2.45) is 0 Å². The molecule has 0 N–H and O–H groups in total. The number of hydrogen-bond acceptors (Lipinski definition) is 2. The molecule has 2 aromatic rings. The Morgan fingerprint density at radius 2 is 1.65 bits per heavy atom. The van der Waals surface area contributed by atoms with E-state index in [1.54, 1.807) is 7.11 Å². The van der Waals surface area contributed by atoms with Crippen LogP contribution in [0.2, 0.25) is 0 Å². The summed E-state index contributed by atoms with van der Waals surface area (Å²) in [6.07, 6.45) is 0. The monoisotopic (exact) mass is 228 g/mol. The van der Waals surface area contributed by atoms with E-state index >= 15 is 0 Å². The lowest BCUT2D eigenvalue weighted by atomic mass is 10.1. The maximum absolute atomic E-state index is 5.49. The molecule has 0 saturated carbocycles. The first kappa shape index (κ1) is 11.5. The Morgan fingerprint density at radius 1 is 0.882 bits per heavy atom. The third-order valence-electron chi connectivity index (χ3n) is 2.57. The summed E-state index contributed by atoms with van der Waals surface area (Å²) in [5, 5.41) is 0. The van der Waals surface area contributed by atoms with Crippen molar-refractivity contribution in [1.82, 2.24) is 0 Å². The number of hydrogen-bond donors (Lipinski definition) is 0. The van der Waals surface area contributed by atoms with Crippen molar-refractivity contribution < 1.29 is 9.47 Å². The SMILES string of the molecule is CCOc1ccc(-c2ccccc2)cc1OC. The molecule has 0 unspecified atom stereocenters. The molecule has 0 aliphatic carbocycles. The molecule has 0 aliphatic rings. The lowest BCUT2D eigenvalue weighted by molar-refractivity contribution is 0.311. The summed E-state index contributed by atoms with van der Waals surface area (Å²) >= 11 is 0. The maximum atomic E-state index is 5.49. The second-order valence-corrected chi connectivity index (χ2v) is 3.66. The standard InChI is InChI=1S/C15H16O2/c1-3-17-14-10-9-13(11-15(14)16-2)12-7-5-4-6-8-12/h4-11H,3H2,1-2H3. The van der Waals surface area contributed by atoms with Crippen LogP contribution in [0.15, 0.2) is 48.5 Å². The summed E-state index contributed by atoms with van der Waals surface area (Å²) in [5.74, 6) is 1.56. The molecular formula is C15H16O2. The van der Waals surface area contributed by atoms with E-state index in [4.69, 9.17) is 9.47 Å². The molecule has 0 radical (unpaired) electrons. The molecule has 2 heteroatoms. The largest absolute Gasteiger partial charge is 0.493 e. The van der Waals surface area contributed by atoms with Crippen molar-refractivity contribution in [1.29, 1.82) is 0 Å². The second kappa shape index (κ2) is 5.39. The Kier molecular flexibility index (Phi) is 3.66. The second-order valence-electron chi connectivity index (χ2n) is 3.66. The molecule has 0 spiro atoms. The highest BCUT2D eigenvalue weighted by atomic mass is 16.5. The Bertz CT molecular complexity index is 478. The molecule has 17 heavy (non-hydrogen) atoms. The first-order chi connectivity index (χ1) is 8.35. The van der Waals surface area contributed by atoms with E-state index in [2.05, 4.69) is 12.1 Å². The minimum Gasteiger partial charge on any atom is -0.493 e. The van der Waals surface area contributed by atoms with Crippen molar-refractivity contribution in [2.45, 2.75) is 6.92 Å². The Hall–Kier alpha value is -1.96. The van der Waals surface area contributed by atoms with E-state index in [1.807, 2.05) is 43.3 Å². The Labute approximate surface area is 102 Å². The fraction of sp³-hybridized carbons (Fsp3) is 0.200. The van der Waals surface area contributed by atoms with Gasteiger partial charge in [0.2, 0.25) is 0 Å². The fourth-order valence-electron chi connectivity index (χ4n) is 1.75. The van der Waals surface area contributed by atoms with E-state index < -0.39 is 0 Å². The van der Waals surface area contributed by atoms with Gasteiger partial charge in [0.1, 0.15) is 0 Å². The smallest absolute Gasteiger partial charge is 0.161 e. The molecule has 0 aliphatic heterocycles. The van der Waals surface area contributed by atoms with Gasteiger partial charge in [-0.15, -0.1) is 0 Å². The fourth-order valence-corrected chi connectivity index (χ4v) is 1.75. The molecule has 2 aromatic carbocycles. The van der Waals surface area contributed by atoms with Gasteiger partial charge in [-0.1, -0.05) is 36.4 Å². The van der Waals surface area contributed by atoms with Crippen LogP contribution in [0.3, 0.4) is 0 Å². The highest BCUT2D eigenvalue weighted by Gasteiger charge is 2.06. The molecule has 88 valence electrons. The summed E-state index contributed by atoms with van der Waals surface area (Å²) in [5.41, 5.74) is 2.31. The summed E-state index contributed by atoms with van der Waals surface area (Å²) in [4.78, 5) is 0. The van der Waals surface area contributed by atoms with Crippen LogP contribution in [0.4, 0.5) is 0 Å². The zero-order valence-corrected chi connectivity index (χ0v) is 10.1. The van der Waals surface area contributed by atoms with Crippen molar-refractivity contribution >= 4 is 0 Å². The quantitative estimate of drug-likeness (QED) is 0.793. The first-order valence-corrected chi connectivity index (χ1v) is 5.71. The molecule has 0 bridgehead atoms. The van der Waals surface area contributed by atoms with Gasteiger partial charge in [0.05, 0.1) is 13.7 Å². The number of rotatable bonds is 4. The summed E-state index contributed by atoms with van der Waals surface area (Å²) in [6, 6.07) is 16.2. The number of methoxy groups -OCH3 is 1. The summed E-state index contributed by atoms with van der Waals surface area (Å²) in [7, 11) is 1.66. The molecule has 0 atom stereocenters. The summed E-state index contributed by atoms with van der Waals surface area (Å²) < 4.78 is 10.8. The lowest BCUT2D eigenvalue weighted by Gasteiger charge is -2.11. The van der Waals surface area contributed by atoms with Gasteiger partial charge in [-0.3, -0.25) is 0 Å². The van der Waals surface area contributed by atoms with Crippen LogP contribution in [-0.2, 0) is 0 Å². The topological polar surface area (TPSA) is 18.5 Å². The van der Waals surface area contributed by atoms with Gasteiger partial charge in [-0.2, -0.15) is 0 Å². The zero-order chi connectivity index (χ0) is 12.1. The third-order valence-corrected chi connectivity index (χ3v) is 2.57. The van der Waals surface area contributed by atoms with Gasteiger partial charge in [-0.25, -0.2) is 0 Å². The number of ether oxygens (including phenoxy) is 2. The van der Waals surface area contributed by atoms with Crippen LogP contribution < -0.4 is 9.47 Å². The maximum Gasteiger partial charge on any atom is 0.161 e. The van der Waals surface area contributed by atoms with Crippen molar-refractivity contribution in [3.63, 3.8) is 0 Å². The average molecular weight is 228 g/mol. The summed E-state index contributed by atoms with van der Waals surface area (Å²) in [6.45, 7) is 2.60. The molecule has 2 rings (SSSR count).